The maximum atomic E-state index is 13.9. The fourth-order valence-corrected chi connectivity index (χ4v) is 2.28. The first-order valence-corrected chi connectivity index (χ1v) is 5.92. The molecule has 1 saturated heterocycles. The predicted octanol–water partition coefficient (Wildman–Crippen LogP) is 3.31. The van der Waals surface area contributed by atoms with Crippen molar-refractivity contribution in [3.63, 3.8) is 0 Å². The standard InChI is InChI=1S/C13H16F3N/c14-12-3-1-2-11(8-12)13(15,16)9-10-4-6-17-7-5-10/h1-3,8,10,17H,4-7,9H2. The molecule has 1 heterocycles. The molecule has 17 heavy (non-hydrogen) atoms. The molecule has 94 valence electrons. The zero-order chi connectivity index (χ0) is 12.3. The third-order valence-electron chi connectivity index (χ3n) is 3.25. The van der Waals surface area contributed by atoms with Crippen LogP contribution < -0.4 is 5.32 Å². The summed E-state index contributed by atoms with van der Waals surface area (Å²) in [4.78, 5) is 0. The summed E-state index contributed by atoms with van der Waals surface area (Å²) in [6.45, 7) is 1.59. The monoisotopic (exact) mass is 243 g/mol. The fraction of sp³-hybridized carbons (Fsp3) is 0.538. The second kappa shape index (κ2) is 5.08. The minimum absolute atomic E-state index is 0.0227. The van der Waals surface area contributed by atoms with Crippen LogP contribution in [0.15, 0.2) is 24.3 Å². The SMILES string of the molecule is Fc1cccc(C(F)(F)CC2CCNCC2)c1. The molecule has 1 aliphatic heterocycles. The highest BCUT2D eigenvalue weighted by molar-refractivity contribution is 5.21. The molecular formula is C13H16F3N. The van der Waals surface area contributed by atoms with Crippen molar-refractivity contribution in [3.05, 3.63) is 35.6 Å². The lowest BCUT2D eigenvalue weighted by atomic mass is 9.89. The molecule has 1 aliphatic rings. The van der Waals surface area contributed by atoms with Gasteiger partial charge < -0.3 is 5.32 Å². The van der Waals surface area contributed by atoms with Gasteiger partial charge in [0.25, 0.3) is 5.92 Å². The van der Waals surface area contributed by atoms with Gasteiger partial charge in [0.05, 0.1) is 0 Å². The van der Waals surface area contributed by atoms with Gasteiger partial charge in [0, 0.05) is 12.0 Å². The van der Waals surface area contributed by atoms with Gasteiger partial charge in [-0.2, -0.15) is 0 Å². The summed E-state index contributed by atoms with van der Waals surface area (Å²) in [5.74, 6) is -3.51. The van der Waals surface area contributed by atoms with Crippen LogP contribution >= 0.6 is 0 Å². The Kier molecular flexibility index (Phi) is 3.72. The summed E-state index contributed by atoms with van der Waals surface area (Å²) in [7, 11) is 0. The maximum Gasteiger partial charge on any atom is 0.273 e. The molecule has 0 amide bonds. The molecule has 4 heteroatoms. The van der Waals surface area contributed by atoms with Crippen LogP contribution in [0.5, 0.6) is 0 Å². The van der Waals surface area contributed by atoms with Crippen molar-refractivity contribution in [1.82, 2.24) is 5.32 Å². The van der Waals surface area contributed by atoms with E-state index < -0.39 is 11.7 Å². The van der Waals surface area contributed by atoms with E-state index in [1.807, 2.05) is 0 Å². The van der Waals surface area contributed by atoms with Crippen molar-refractivity contribution < 1.29 is 13.2 Å². The van der Waals surface area contributed by atoms with Crippen molar-refractivity contribution in [3.8, 4) is 0 Å². The van der Waals surface area contributed by atoms with Crippen LogP contribution in [-0.4, -0.2) is 13.1 Å². The summed E-state index contributed by atoms with van der Waals surface area (Å²) in [6.07, 6.45) is 1.36. The van der Waals surface area contributed by atoms with Gasteiger partial charge in [-0.25, -0.2) is 13.2 Å². The zero-order valence-corrected chi connectivity index (χ0v) is 9.56. The van der Waals surface area contributed by atoms with Crippen LogP contribution in [0.3, 0.4) is 0 Å². The van der Waals surface area contributed by atoms with Gasteiger partial charge in [-0.15, -0.1) is 0 Å². The number of hydrogen-bond acceptors (Lipinski definition) is 1. The molecule has 0 aliphatic carbocycles. The van der Waals surface area contributed by atoms with E-state index >= 15 is 0 Å². The summed E-state index contributed by atoms with van der Waals surface area (Å²) in [6, 6.07) is 4.75. The Morgan fingerprint density at radius 1 is 1.24 bits per heavy atom. The average Bonchev–Trinajstić information content (AvgIpc) is 2.30. The van der Waals surface area contributed by atoms with E-state index in [4.69, 9.17) is 0 Å². The summed E-state index contributed by atoms with van der Waals surface area (Å²) >= 11 is 0. The first-order valence-electron chi connectivity index (χ1n) is 5.92. The third kappa shape index (κ3) is 3.22. The van der Waals surface area contributed by atoms with Gasteiger partial charge in [-0.3, -0.25) is 0 Å². The van der Waals surface area contributed by atoms with Crippen LogP contribution in [0, 0.1) is 11.7 Å². The van der Waals surface area contributed by atoms with Gasteiger partial charge in [-0.1, -0.05) is 12.1 Å². The number of alkyl halides is 2. The van der Waals surface area contributed by atoms with Gasteiger partial charge >= 0.3 is 0 Å². The van der Waals surface area contributed by atoms with Gasteiger partial charge in [-0.05, 0) is 44.0 Å². The summed E-state index contributed by atoms with van der Waals surface area (Å²) in [5.41, 5.74) is -0.212. The van der Waals surface area contributed by atoms with E-state index in [0.29, 0.717) is 0 Å². The lowest BCUT2D eigenvalue weighted by Crippen LogP contribution is -2.30. The average molecular weight is 243 g/mol. The van der Waals surface area contributed by atoms with Crippen molar-refractivity contribution >= 4 is 0 Å². The molecule has 0 spiro atoms. The lowest BCUT2D eigenvalue weighted by Gasteiger charge is -2.27. The molecule has 1 fully saturated rings. The Labute approximate surface area is 99.0 Å². The van der Waals surface area contributed by atoms with E-state index in [9.17, 15) is 13.2 Å². The predicted molar refractivity (Wildman–Crippen MR) is 60.5 cm³/mol. The molecular weight excluding hydrogens is 227 g/mol. The highest BCUT2D eigenvalue weighted by Crippen LogP contribution is 2.37. The quantitative estimate of drug-likeness (QED) is 0.858. The maximum absolute atomic E-state index is 13.9. The zero-order valence-electron chi connectivity index (χ0n) is 9.56. The highest BCUT2D eigenvalue weighted by atomic mass is 19.3. The van der Waals surface area contributed by atoms with Crippen molar-refractivity contribution in [2.24, 2.45) is 5.92 Å². The lowest BCUT2D eigenvalue weighted by molar-refractivity contribution is -0.0328. The second-order valence-electron chi connectivity index (χ2n) is 4.61. The van der Waals surface area contributed by atoms with Crippen LogP contribution in [0.2, 0.25) is 0 Å². The molecule has 1 nitrogen and oxygen atoms in total. The summed E-state index contributed by atoms with van der Waals surface area (Å²) in [5, 5.41) is 3.14. The third-order valence-corrected chi connectivity index (χ3v) is 3.25. The molecule has 0 unspecified atom stereocenters. The number of benzene rings is 1. The van der Waals surface area contributed by atoms with E-state index in [1.54, 1.807) is 0 Å². The van der Waals surface area contributed by atoms with Crippen molar-refractivity contribution in [1.29, 1.82) is 0 Å². The summed E-state index contributed by atoms with van der Waals surface area (Å²) < 4.78 is 40.8. The highest BCUT2D eigenvalue weighted by Gasteiger charge is 2.35. The Balaban J connectivity index is 2.06. The number of rotatable bonds is 3. The largest absolute Gasteiger partial charge is 0.317 e. The molecule has 1 aromatic carbocycles. The van der Waals surface area contributed by atoms with Crippen molar-refractivity contribution in [2.75, 3.05) is 13.1 Å². The van der Waals surface area contributed by atoms with Crippen LogP contribution in [0.4, 0.5) is 13.2 Å². The van der Waals surface area contributed by atoms with Gasteiger partial charge in [0.2, 0.25) is 0 Å². The second-order valence-corrected chi connectivity index (χ2v) is 4.61. The van der Waals surface area contributed by atoms with Gasteiger partial charge in [0.1, 0.15) is 5.82 Å². The topological polar surface area (TPSA) is 12.0 Å². The smallest absolute Gasteiger partial charge is 0.273 e. The van der Waals surface area contributed by atoms with Crippen LogP contribution in [0.25, 0.3) is 0 Å². The number of hydrogen-bond donors (Lipinski definition) is 1. The minimum Gasteiger partial charge on any atom is -0.317 e. The van der Waals surface area contributed by atoms with Crippen LogP contribution in [0.1, 0.15) is 24.8 Å². The fourth-order valence-electron chi connectivity index (χ4n) is 2.28. The van der Waals surface area contributed by atoms with E-state index in [-0.39, 0.29) is 17.9 Å². The molecule has 1 N–H and O–H groups in total. The van der Waals surface area contributed by atoms with Crippen molar-refractivity contribution in [2.45, 2.75) is 25.2 Å². The van der Waals surface area contributed by atoms with Gasteiger partial charge in [0.15, 0.2) is 0 Å². The molecule has 0 aromatic heterocycles. The van der Waals surface area contributed by atoms with E-state index in [1.165, 1.54) is 18.2 Å². The number of piperidine rings is 1. The first-order chi connectivity index (χ1) is 8.08. The molecule has 0 atom stereocenters. The first kappa shape index (κ1) is 12.4. The Morgan fingerprint density at radius 3 is 2.59 bits per heavy atom. The molecule has 2 rings (SSSR count). The van der Waals surface area contributed by atoms with E-state index in [0.717, 1.165) is 32.0 Å². The number of nitrogens with one attached hydrogen (secondary N) is 1. The molecule has 0 saturated carbocycles. The number of halogens is 3. The Bertz CT molecular complexity index is 373. The Morgan fingerprint density at radius 2 is 1.94 bits per heavy atom. The molecule has 0 radical (unpaired) electrons. The van der Waals surface area contributed by atoms with E-state index in [2.05, 4.69) is 5.32 Å². The Hall–Kier alpha value is -1.03. The van der Waals surface area contributed by atoms with Crippen LogP contribution in [-0.2, 0) is 5.92 Å². The normalized spacial score (nSPS) is 18.3. The molecule has 0 bridgehead atoms. The molecule has 1 aromatic rings. The minimum atomic E-state index is -2.93.